The lowest BCUT2D eigenvalue weighted by Gasteiger charge is -2.13. The Kier molecular flexibility index (Phi) is 4.52. The highest BCUT2D eigenvalue weighted by Crippen LogP contribution is 2.19. The van der Waals surface area contributed by atoms with E-state index >= 15 is 0 Å². The smallest absolute Gasteiger partial charge is 0.216 e. The van der Waals surface area contributed by atoms with Crippen molar-refractivity contribution in [2.45, 2.75) is 6.42 Å². The third-order valence-electron chi connectivity index (χ3n) is 2.24. The topological polar surface area (TPSA) is 47.0 Å². The summed E-state index contributed by atoms with van der Waals surface area (Å²) in [5, 5.41) is 3.26. The van der Waals surface area contributed by atoms with E-state index in [0.29, 0.717) is 5.88 Å². The van der Waals surface area contributed by atoms with Crippen LogP contribution in [0.5, 0.6) is 5.88 Å². The first-order valence-corrected chi connectivity index (χ1v) is 4.66. The van der Waals surface area contributed by atoms with Gasteiger partial charge >= 0.3 is 0 Å². The molecule has 82 valence electrons. The first kappa shape index (κ1) is 11.9. The highest BCUT2D eigenvalue weighted by atomic mass is 35.5. The predicted molar refractivity (Wildman–Crippen MR) is 61.3 cm³/mol. The van der Waals surface area contributed by atoms with Gasteiger partial charge in [-0.1, -0.05) is 6.08 Å². The zero-order valence-electron chi connectivity index (χ0n) is 8.56. The second-order valence-electron chi connectivity index (χ2n) is 3.13. The molecule has 0 spiro atoms. The Labute approximate surface area is 95.2 Å². The average molecular weight is 228 g/mol. The zero-order chi connectivity index (χ0) is 9.80. The molecule has 0 saturated heterocycles. The Morgan fingerprint density at radius 3 is 2.93 bits per heavy atom. The number of rotatable bonds is 2. The summed E-state index contributed by atoms with van der Waals surface area (Å²) in [6.45, 7) is 1.93. The maximum atomic E-state index is 5.05. The minimum atomic E-state index is 0. The summed E-state index contributed by atoms with van der Waals surface area (Å²) in [4.78, 5) is 8.20. The summed E-state index contributed by atoms with van der Waals surface area (Å²) in [6, 6.07) is 1.87. The summed E-state index contributed by atoms with van der Waals surface area (Å²) in [5.41, 5.74) is 2.24. The summed E-state index contributed by atoms with van der Waals surface area (Å²) >= 11 is 0. The molecule has 0 aromatic carbocycles. The van der Waals surface area contributed by atoms with E-state index in [2.05, 4.69) is 21.4 Å². The Bertz CT molecular complexity index is 354. The number of ether oxygens (including phenoxy) is 1. The van der Waals surface area contributed by atoms with Crippen molar-refractivity contribution in [2.75, 3.05) is 20.2 Å². The van der Waals surface area contributed by atoms with Gasteiger partial charge in [-0.2, -0.15) is 0 Å². The Balaban J connectivity index is 0.00000112. The van der Waals surface area contributed by atoms with Crippen LogP contribution in [0.25, 0.3) is 5.57 Å². The van der Waals surface area contributed by atoms with E-state index in [1.54, 1.807) is 7.11 Å². The molecule has 1 aromatic heterocycles. The van der Waals surface area contributed by atoms with Gasteiger partial charge in [-0.25, -0.2) is 9.97 Å². The van der Waals surface area contributed by atoms with Crippen molar-refractivity contribution in [1.82, 2.24) is 15.3 Å². The molecular formula is C10H14ClN3O. The predicted octanol–water partition coefficient (Wildman–Crippen LogP) is 1.28. The molecule has 1 aliphatic rings. The largest absolute Gasteiger partial charge is 0.481 e. The van der Waals surface area contributed by atoms with E-state index < -0.39 is 0 Å². The molecule has 0 aliphatic carbocycles. The van der Waals surface area contributed by atoms with Crippen molar-refractivity contribution in [1.29, 1.82) is 0 Å². The fourth-order valence-electron chi connectivity index (χ4n) is 1.48. The van der Waals surface area contributed by atoms with Crippen LogP contribution in [0.15, 0.2) is 18.5 Å². The number of nitrogens with zero attached hydrogens (tertiary/aromatic N) is 2. The molecule has 15 heavy (non-hydrogen) atoms. The molecule has 0 fully saturated rings. The summed E-state index contributed by atoms with van der Waals surface area (Å²) in [5.74, 6) is 0.620. The Morgan fingerprint density at radius 2 is 2.27 bits per heavy atom. The van der Waals surface area contributed by atoms with Gasteiger partial charge in [0, 0.05) is 12.6 Å². The molecule has 0 unspecified atom stereocenters. The van der Waals surface area contributed by atoms with Crippen LogP contribution in [0.3, 0.4) is 0 Å². The maximum Gasteiger partial charge on any atom is 0.216 e. The molecule has 0 radical (unpaired) electrons. The van der Waals surface area contributed by atoms with Gasteiger partial charge in [0.15, 0.2) is 0 Å². The summed E-state index contributed by atoms with van der Waals surface area (Å²) in [7, 11) is 1.61. The van der Waals surface area contributed by atoms with Crippen LogP contribution in [0, 0.1) is 0 Å². The van der Waals surface area contributed by atoms with Gasteiger partial charge in [0.25, 0.3) is 0 Å². The van der Waals surface area contributed by atoms with Crippen LogP contribution >= 0.6 is 12.4 Å². The van der Waals surface area contributed by atoms with Crippen LogP contribution in [-0.2, 0) is 0 Å². The van der Waals surface area contributed by atoms with Crippen LogP contribution in [0.4, 0.5) is 0 Å². The fraction of sp³-hybridized carbons (Fsp3) is 0.400. The van der Waals surface area contributed by atoms with Crippen LogP contribution in [0.1, 0.15) is 12.1 Å². The number of halogens is 1. The molecule has 0 amide bonds. The van der Waals surface area contributed by atoms with Crippen molar-refractivity contribution in [3.63, 3.8) is 0 Å². The minimum Gasteiger partial charge on any atom is -0.481 e. The lowest BCUT2D eigenvalue weighted by atomic mass is 10.1. The lowest BCUT2D eigenvalue weighted by Crippen LogP contribution is -2.20. The number of nitrogens with one attached hydrogen (secondary N) is 1. The highest BCUT2D eigenvalue weighted by Gasteiger charge is 2.07. The van der Waals surface area contributed by atoms with Gasteiger partial charge in [0.2, 0.25) is 5.88 Å². The molecule has 0 atom stereocenters. The van der Waals surface area contributed by atoms with Gasteiger partial charge in [0.05, 0.1) is 12.8 Å². The van der Waals surface area contributed by atoms with Crippen LogP contribution in [0.2, 0.25) is 0 Å². The number of methoxy groups -OCH3 is 1. The zero-order valence-corrected chi connectivity index (χ0v) is 9.38. The van der Waals surface area contributed by atoms with Gasteiger partial charge in [-0.15, -0.1) is 12.4 Å². The van der Waals surface area contributed by atoms with E-state index in [0.717, 1.165) is 25.2 Å². The third kappa shape index (κ3) is 2.91. The van der Waals surface area contributed by atoms with E-state index in [-0.39, 0.29) is 12.4 Å². The Morgan fingerprint density at radius 1 is 1.40 bits per heavy atom. The molecule has 2 rings (SSSR count). The van der Waals surface area contributed by atoms with E-state index in [1.165, 1.54) is 11.9 Å². The maximum absolute atomic E-state index is 5.05. The van der Waals surface area contributed by atoms with Crippen molar-refractivity contribution in [2.24, 2.45) is 0 Å². The molecular weight excluding hydrogens is 214 g/mol. The minimum absolute atomic E-state index is 0. The van der Waals surface area contributed by atoms with Crippen molar-refractivity contribution in [3.05, 3.63) is 24.2 Å². The first-order chi connectivity index (χ1) is 6.90. The molecule has 5 heteroatoms. The quantitative estimate of drug-likeness (QED) is 0.827. The van der Waals surface area contributed by atoms with Crippen LogP contribution < -0.4 is 10.1 Å². The normalized spacial score (nSPS) is 15.1. The highest BCUT2D eigenvalue weighted by molar-refractivity contribution is 5.85. The summed E-state index contributed by atoms with van der Waals surface area (Å²) < 4.78 is 5.05. The number of hydrogen-bond donors (Lipinski definition) is 1. The fourth-order valence-corrected chi connectivity index (χ4v) is 1.48. The summed E-state index contributed by atoms with van der Waals surface area (Å²) in [6.07, 6.45) is 4.71. The van der Waals surface area contributed by atoms with Crippen molar-refractivity contribution in [3.8, 4) is 5.88 Å². The third-order valence-corrected chi connectivity index (χ3v) is 2.24. The lowest BCUT2D eigenvalue weighted by molar-refractivity contribution is 0.396. The van der Waals surface area contributed by atoms with Gasteiger partial charge < -0.3 is 10.1 Å². The monoisotopic (exact) mass is 227 g/mol. The van der Waals surface area contributed by atoms with E-state index in [4.69, 9.17) is 4.74 Å². The second-order valence-corrected chi connectivity index (χ2v) is 3.13. The molecule has 1 aromatic rings. The Hall–Kier alpha value is -1.13. The van der Waals surface area contributed by atoms with Gasteiger partial charge in [0.1, 0.15) is 6.33 Å². The van der Waals surface area contributed by atoms with Crippen molar-refractivity contribution < 1.29 is 4.74 Å². The molecule has 4 nitrogen and oxygen atoms in total. The standard InChI is InChI=1S/C10H13N3O.ClH/c1-14-10-6-9(12-7-13-10)8-2-4-11-5-3-8;/h2,6-7,11H,3-5H2,1H3;1H. The molecule has 0 bridgehead atoms. The first-order valence-electron chi connectivity index (χ1n) is 4.66. The molecule has 0 saturated carbocycles. The number of aromatic nitrogens is 2. The average Bonchev–Trinajstić information content (AvgIpc) is 2.30. The van der Waals surface area contributed by atoms with Crippen molar-refractivity contribution >= 4 is 18.0 Å². The number of hydrogen-bond acceptors (Lipinski definition) is 4. The van der Waals surface area contributed by atoms with Gasteiger partial charge in [-0.3, -0.25) is 0 Å². The molecule has 1 aliphatic heterocycles. The van der Waals surface area contributed by atoms with Crippen LogP contribution in [-0.4, -0.2) is 30.2 Å². The second kappa shape index (κ2) is 5.68. The van der Waals surface area contributed by atoms with E-state index in [1.807, 2.05) is 6.07 Å². The SMILES string of the molecule is COc1cc(C2=CCNCC2)ncn1.Cl. The van der Waals surface area contributed by atoms with E-state index in [9.17, 15) is 0 Å². The molecule has 1 N–H and O–H groups in total. The van der Waals surface area contributed by atoms with Gasteiger partial charge in [-0.05, 0) is 18.5 Å². The molecule has 2 heterocycles.